The van der Waals surface area contributed by atoms with E-state index in [0.29, 0.717) is 17.5 Å². The van der Waals surface area contributed by atoms with E-state index in [0.717, 1.165) is 55.3 Å². The summed E-state index contributed by atoms with van der Waals surface area (Å²) in [6.07, 6.45) is 0. The molecule has 0 aliphatic heterocycles. The van der Waals surface area contributed by atoms with Crippen molar-refractivity contribution < 1.29 is 4.42 Å². The zero-order valence-corrected chi connectivity index (χ0v) is 25.3. The Morgan fingerprint density at radius 3 is 1.66 bits per heavy atom. The average Bonchev–Trinajstić information content (AvgIpc) is 3.53. The third-order valence-electron chi connectivity index (χ3n) is 8.72. The van der Waals surface area contributed by atoms with Gasteiger partial charge in [0.25, 0.3) is 0 Å². The molecule has 9 aromatic rings. The molecule has 0 radical (unpaired) electrons. The summed E-state index contributed by atoms with van der Waals surface area (Å²) in [6, 6.07) is 56.5. The van der Waals surface area contributed by atoms with Gasteiger partial charge in [-0.2, -0.15) is 0 Å². The van der Waals surface area contributed by atoms with E-state index in [2.05, 4.69) is 127 Å². The number of hydrogen-bond acceptors (Lipinski definition) is 4. The van der Waals surface area contributed by atoms with Crippen molar-refractivity contribution in [3.63, 3.8) is 0 Å². The Morgan fingerprint density at radius 1 is 0.298 bits per heavy atom. The Hall–Kier alpha value is -6.39. The van der Waals surface area contributed by atoms with E-state index < -0.39 is 0 Å². The number of benzene rings is 7. The highest BCUT2D eigenvalue weighted by molar-refractivity contribution is 6.06. The van der Waals surface area contributed by atoms with E-state index in [1.807, 2.05) is 36.4 Å². The summed E-state index contributed by atoms with van der Waals surface area (Å²) in [6.45, 7) is 0. The molecular formula is C43H27N3O. The molecule has 4 nitrogen and oxygen atoms in total. The molecule has 220 valence electrons. The maximum absolute atomic E-state index is 6.10. The Bertz CT molecular complexity index is 2570. The van der Waals surface area contributed by atoms with Gasteiger partial charge in [0.15, 0.2) is 17.5 Å². The summed E-state index contributed by atoms with van der Waals surface area (Å²) in [5.41, 5.74) is 9.02. The summed E-state index contributed by atoms with van der Waals surface area (Å²) in [5.74, 6) is 1.86. The summed E-state index contributed by atoms with van der Waals surface area (Å²) >= 11 is 0. The van der Waals surface area contributed by atoms with Gasteiger partial charge in [-0.1, -0.05) is 127 Å². The topological polar surface area (TPSA) is 51.8 Å². The van der Waals surface area contributed by atoms with E-state index in [-0.39, 0.29) is 0 Å². The highest BCUT2D eigenvalue weighted by atomic mass is 16.3. The van der Waals surface area contributed by atoms with Gasteiger partial charge in [0.1, 0.15) is 11.2 Å². The van der Waals surface area contributed by atoms with Gasteiger partial charge in [-0.05, 0) is 69.4 Å². The molecule has 0 atom stereocenters. The first-order valence-electron chi connectivity index (χ1n) is 15.7. The lowest BCUT2D eigenvalue weighted by Crippen LogP contribution is -2.00. The predicted molar refractivity (Wildman–Crippen MR) is 192 cm³/mol. The molecule has 47 heavy (non-hydrogen) atoms. The number of para-hydroxylation sites is 1. The van der Waals surface area contributed by atoms with Crippen LogP contribution in [0.2, 0.25) is 0 Å². The minimum Gasteiger partial charge on any atom is -0.456 e. The van der Waals surface area contributed by atoms with Crippen LogP contribution in [0.3, 0.4) is 0 Å². The van der Waals surface area contributed by atoms with Crippen LogP contribution in [0, 0.1) is 0 Å². The number of nitrogens with zero attached hydrogens (tertiary/aromatic N) is 3. The predicted octanol–water partition coefficient (Wildman–Crippen LogP) is 11.3. The van der Waals surface area contributed by atoms with Crippen LogP contribution in [0.5, 0.6) is 0 Å². The fraction of sp³-hybridized carbons (Fsp3) is 0. The number of furan rings is 1. The lowest BCUT2D eigenvalue weighted by atomic mass is 10.00. The fourth-order valence-corrected chi connectivity index (χ4v) is 6.28. The Labute approximate surface area is 271 Å². The SMILES string of the molecule is c1ccc(-c2cccc(-c3nc(-c4ccc(-c5ccc6ccccc6c5)cc4)nc(-c4ccc5oc6ccccc6c5c4)n3)c2)cc1. The highest BCUT2D eigenvalue weighted by Crippen LogP contribution is 2.34. The monoisotopic (exact) mass is 601 g/mol. The van der Waals surface area contributed by atoms with Gasteiger partial charge in [-0.3, -0.25) is 0 Å². The highest BCUT2D eigenvalue weighted by Gasteiger charge is 2.15. The normalized spacial score (nSPS) is 11.4. The van der Waals surface area contributed by atoms with Crippen LogP contribution < -0.4 is 0 Å². The summed E-state index contributed by atoms with van der Waals surface area (Å²) < 4.78 is 6.10. The molecule has 2 aromatic heterocycles. The van der Waals surface area contributed by atoms with Crippen molar-refractivity contribution in [3.8, 4) is 56.4 Å². The summed E-state index contributed by atoms with van der Waals surface area (Å²) in [7, 11) is 0. The maximum atomic E-state index is 6.10. The standard InChI is InChI=1S/C43H27N3O/c1-2-9-28(10-3-1)33-13-8-14-35(26-33)42-44-41(31-20-17-30(18-21-31)34-22-19-29-11-4-5-12-32(29)25-34)45-43(46-42)36-23-24-40-38(27-36)37-15-6-7-16-39(37)47-40/h1-27H. The minimum atomic E-state index is 0.612. The fourth-order valence-electron chi connectivity index (χ4n) is 6.28. The van der Waals surface area contributed by atoms with Crippen LogP contribution in [0.15, 0.2) is 168 Å². The van der Waals surface area contributed by atoms with Crippen molar-refractivity contribution in [2.75, 3.05) is 0 Å². The maximum Gasteiger partial charge on any atom is 0.164 e. The van der Waals surface area contributed by atoms with Gasteiger partial charge in [-0.25, -0.2) is 15.0 Å². The molecule has 0 amide bonds. The molecule has 0 spiro atoms. The molecule has 2 heterocycles. The molecule has 0 N–H and O–H groups in total. The Balaban J connectivity index is 1.17. The number of rotatable bonds is 5. The van der Waals surface area contributed by atoms with Crippen molar-refractivity contribution >= 4 is 32.7 Å². The lowest BCUT2D eigenvalue weighted by Gasteiger charge is -2.10. The first kappa shape index (κ1) is 27.0. The first-order chi connectivity index (χ1) is 23.2. The van der Waals surface area contributed by atoms with Crippen LogP contribution >= 0.6 is 0 Å². The largest absolute Gasteiger partial charge is 0.456 e. The molecule has 0 saturated heterocycles. The number of hydrogen-bond donors (Lipinski definition) is 0. The first-order valence-corrected chi connectivity index (χ1v) is 15.7. The van der Waals surface area contributed by atoms with Crippen LogP contribution in [0.4, 0.5) is 0 Å². The van der Waals surface area contributed by atoms with E-state index in [1.165, 1.54) is 16.3 Å². The van der Waals surface area contributed by atoms with Crippen LogP contribution in [0.1, 0.15) is 0 Å². The third-order valence-corrected chi connectivity index (χ3v) is 8.72. The number of fused-ring (bicyclic) bond motifs is 4. The van der Waals surface area contributed by atoms with Gasteiger partial charge in [0.05, 0.1) is 0 Å². The van der Waals surface area contributed by atoms with Crippen molar-refractivity contribution in [2.45, 2.75) is 0 Å². The smallest absolute Gasteiger partial charge is 0.164 e. The average molecular weight is 602 g/mol. The zero-order chi connectivity index (χ0) is 31.2. The lowest BCUT2D eigenvalue weighted by molar-refractivity contribution is 0.669. The van der Waals surface area contributed by atoms with Crippen molar-refractivity contribution in [1.29, 1.82) is 0 Å². The molecular weight excluding hydrogens is 574 g/mol. The van der Waals surface area contributed by atoms with E-state index in [9.17, 15) is 0 Å². The van der Waals surface area contributed by atoms with Gasteiger partial charge in [0, 0.05) is 27.5 Å². The molecule has 9 rings (SSSR count). The van der Waals surface area contributed by atoms with Crippen LogP contribution in [-0.4, -0.2) is 15.0 Å². The number of aromatic nitrogens is 3. The van der Waals surface area contributed by atoms with Crippen LogP contribution in [0.25, 0.3) is 89.1 Å². The van der Waals surface area contributed by atoms with Crippen molar-refractivity contribution in [1.82, 2.24) is 15.0 Å². The second kappa shape index (κ2) is 11.2. The minimum absolute atomic E-state index is 0.612. The zero-order valence-electron chi connectivity index (χ0n) is 25.3. The molecule has 0 fully saturated rings. The van der Waals surface area contributed by atoms with Gasteiger partial charge in [-0.15, -0.1) is 0 Å². The Morgan fingerprint density at radius 2 is 0.830 bits per heavy atom. The molecule has 0 unspecified atom stereocenters. The van der Waals surface area contributed by atoms with E-state index in [4.69, 9.17) is 19.4 Å². The van der Waals surface area contributed by atoms with Crippen molar-refractivity contribution in [3.05, 3.63) is 164 Å². The van der Waals surface area contributed by atoms with E-state index in [1.54, 1.807) is 0 Å². The molecule has 4 heteroatoms. The second-order valence-corrected chi connectivity index (χ2v) is 11.7. The molecule has 0 bridgehead atoms. The van der Waals surface area contributed by atoms with Gasteiger partial charge >= 0.3 is 0 Å². The Kier molecular flexibility index (Phi) is 6.43. The molecule has 7 aromatic carbocycles. The van der Waals surface area contributed by atoms with E-state index >= 15 is 0 Å². The van der Waals surface area contributed by atoms with Gasteiger partial charge < -0.3 is 4.42 Å². The summed E-state index contributed by atoms with van der Waals surface area (Å²) in [4.78, 5) is 15.1. The quantitative estimate of drug-likeness (QED) is 0.197. The second-order valence-electron chi connectivity index (χ2n) is 11.7. The van der Waals surface area contributed by atoms with Gasteiger partial charge in [0.2, 0.25) is 0 Å². The molecule has 0 aliphatic carbocycles. The summed E-state index contributed by atoms with van der Waals surface area (Å²) in [5, 5.41) is 4.56. The van der Waals surface area contributed by atoms with Crippen molar-refractivity contribution in [2.24, 2.45) is 0 Å². The third kappa shape index (κ3) is 5.02. The molecule has 0 aliphatic rings. The molecule has 0 saturated carbocycles. The van der Waals surface area contributed by atoms with Crippen LogP contribution in [-0.2, 0) is 0 Å².